The van der Waals surface area contributed by atoms with Crippen molar-refractivity contribution in [3.05, 3.63) is 35.9 Å². The summed E-state index contributed by atoms with van der Waals surface area (Å²) < 4.78 is 0.806. The minimum absolute atomic E-state index is 0.0301. The van der Waals surface area contributed by atoms with Crippen LogP contribution in [0.1, 0.15) is 45.2 Å². The van der Waals surface area contributed by atoms with E-state index in [9.17, 15) is 4.79 Å². The van der Waals surface area contributed by atoms with Crippen LogP contribution in [0.25, 0.3) is 0 Å². The molecule has 5 nitrogen and oxygen atoms in total. The van der Waals surface area contributed by atoms with Crippen molar-refractivity contribution in [1.29, 1.82) is 0 Å². The SMILES string of the molecule is CCC[C@H](NC(=O)[C@@H](C)Sc1nnc(NCC)s1)c1ccccc1. The van der Waals surface area contributed by atoms with Crippen LogP contribution >= 0.6 is 23.1 Å². The van der Waals surface area contributed by atoms with Gasteiger partial charge in [-0.05, 0) is 25.8 Å². The molecule has 2 rings (SSSR count). The summed E-state index contributed by atoms with van der Waals surface area (Å²) in [7, 11) is 0. The molecule has 1 aromatic carbocycles. The predicted octanol–water partition coefficient (Wildman–Crippen LogP) is 4.11. The third-order valence-electron chi connectivity index (χ3n) is 3.48. The highest BCUT2D eigenvalue weighted by Gasteiger charge is 2.21. The van der Waals surface area contributed by atoms with Gasteiger partial charge < -0.3 is 10.6 Å². The molecule has 0 aliphatic rings. The second kappa shape index (κ2) is 9.64. The Labute approximate surface area is 151 Å². The summed E-state index contributed by atoms with van der Waals surface area (Å²) in [6.07, 6.45) is 1.94. The van der Waals surface area contributed by atoms with Crippen LogP contribution in [0.3, 0.4) is 0 Å². The molecule has 2 N–H and O–H groups in total. The molecule has 24 heavy (non-hydrogen) atoms. The molecule has 2 aromatic rings. The number of thioether (sulfide) groups is 1. The van der Waals surface area contributed by atoms with Crippen molar-refractivity contribution in [1.82, 2.24) is 15.5 Å². The lowest BCUT2D eigenvalue weighted by Gasteiger charge is -2.20. The molecule has 0 saturated carbocycles. The Balaban J connectivity index is 1.95. The zero-order chi connectivity index (χ0) is 17.4. The smallest absolute Gasteiger partial charge is 0.233 e. The second-order valence-corrected chi connectivity index (χ2v) is 7.99. The van der Waals surface area contributed by atoms with Crippen LogP contribution in [0, 0.1) is 0 Å². The average molecular weight is 365 g/mol. The molecule has 1 amide bonds. The van der Waals surface area contributed by atoms with Crippen LogP contribution in [0.15, 0.2) is 34.7 Å². The Morgan fingerprint density at radius 3 is 2.67 bits per heavy atom. The summed E-state index contributed by atoms with van der Waals surface area (Å²) in [6, 6.07) is 10.2. The lowest BCUT2D eigenvalue weighted by molar-refractivity contribution is -0.121. The number of anilines is 1. The molecule has 0 spiro atoms. The van der Waals surface area contributed by atoms with Crippen LogP contribution in [-0.4, -0.2) is 27.9 Å². The standard InChI is InChI=1S/C17H24N4OS2/c1-4-9-14(13-10-7-6-8-11-13)19-15(22)12(3)23-17-21-20-16(24-17)18-5-2/h6-8,10-12,14H,4-5,9H2,1-3H3,(H,18,20)(H,19,22)/t12-,14+/m1/s1. The minimum atomic E-state index is -0.213. The average Bonchev–Trinajstić information content (AvgIpc) is 3.02. The molecule has 0 unspecified atom stereocenters. The molecule has 0 fully saturated rings. The minimum Gasteiger partial charge on any atom is -0.360 e. The van der Waals surface area contributed by atoms with Crippen molar-refractivity contribution < 1.29 is 4.79 Å². The van der Waals surface area contributed by atoms with E-state index in [2.05, 4.69) is 39.9 Å². The maximum atomic E-state index is 12.5. The normalized spacial score (nSPS) is 13.3. The van der Waals surface area contributed by atoms with Gasteiger partial charge >= 0.3 is 0 Å². The van der Waals surface area contributed by atoms with Gasteiger partial charge in [0, 0.05) is 6.54 Å². The fourth-order valence-corrected chi connectivity index (χ4v) is 4.24. The molecule has 0 aliphatic heterocycles. The number of carbonyl (C=O) groups is 1. The number of benzene rings is 1. The van der Waals surface area contributed by atoms with Gasteiger partial charge in [0.1, 0.15) is 0 Å². The quantitative estimate of drug-likeness (QED) is 0.656. The number of hydrogen-bond donors (Lipinski definition) is 2. The first-order valence-electron chi connectivity index (χ1n) is 8.23. The van der Waals surface area contributed by atoms with Crippen LogP contribution in [0.5, 0.6) is 0 Å². The van der Waals surface area contributed by atoms with Crippen molar-refractivity contribution in [2.24, 2.45) is 0 Å². The Morgan fingerprint density at radius 1 is 1.25 bits per heavy atom. The molecule has 7 heteroatoms. The fourth-order valence-electron chi connectivity index (χ4n) is 2.27. The zero-order valence-electron chi connectivity index (χ0n) is 14.3. The lowest BCUT2D eigenvalue weighted by Crippen LogP contribution is -2.34. The Bertz CT molecular complexity index is 633. The Kier molecular flexibility index (Phi) is 7.52. The lowest BCUT2D eigenvalue weighted by atomic mass is 10.0. The highest BCUT2D eigenvalue weighted by molar-refractivity contribution is 8.02. The molecule has 0 aliphatic carbocycles. The molecule has 0 bridgehead atoms. The van der Waals surface area contributed by atoms with Crippen LogP contribution in [0.4, 0.5) is 5.13 Å². The summed E-state index contributed by atoms with van der Waals surface area (Å²) in [6.45, 7) is 6.86. The third kappa shape index (κ3) is 5.49. The molecular formula is C17H24N4OS2. The van der Waals surface area contributed by atoms with Gasteiger partial charge in [-0.15, -0.1) is 10.2 Å². The summed E-state index contributed by atoms with van der Waals surface area (Å²) >= 11 is 2.92. The summed E-state index contributed by atoms with van der Waals surface area (Å²) in [5, 5.41) is 15.1. The predicted molar refractivity (Wildman–Crippen MR) is 102 cm³/mol. The van der Waals surface area contributed by atoms with Gasteiger partial charge in [0.25, 0.3) is 0 Å². The van der Waals surface area contributed by atoms with E-state index in [1.165, 1.54) is 23.1 Å². The number of nitrogens with one attached hydrogen (secondary N) is 2. The van der Waals surface area contributed by atoms with Gasteiger partial charge in [0.2, 0.25) is 11.0 Å². The number of hydrogen-bond acceptors (Lipinski definition) is 6. The van der Waals surface area contributed by atoms with Gasteiger partial charge in [0.15, 0.2) is 4.34 Å². The molecule has 0 saturated heterocycles. The Hall–Kier alpha value is -1.60. The third-order valence-corrected chi connectivity index (χ3v) is 5.54. The van der Waals surface area contributed by atoms with Crippen LogP contribution in [0.2, 0.25) is 0 Å². The van der Waals surface area contributed by atoms with Crippen LogP contribution in [-0.2, 0) is 4.79 Å². The summed E-state index contributed by atoms with van der Waals surface area (Å²) in [5.74, 6) is 0.0301. The van der Waals surface area contributed by atoms with Crippen molar-refractivity contribution in [3.8, 4) is 0 Å². The van der Waals surface area contributed by atoms with Gasteiger partial charge in [-0.2, -0.15) is 0 Å². The molecule has 0 radical (unpaired) electrons. The maximum absolute atomic E-state index is 12.5. The van der Waals surface area contributed by atoms with E-state index in [0.29, 0.717) is 0 Å². The first kappa shape index (κ1) is 18.7. The molecular weight excluding hydrogens is 340 g/mol. The van der Waals surface area contributed by atoms with Crippen molar-refractivity contribution >= 4 is 34.1 Å². The number of aromatic nitrogens is 2. The first-order chi connectivity index (χ1) is 11.6. The van der Waals surface area contributed by atoms with Crippen molar-refractivity contribution in [2.45, 2.75) is 49.2 Å². The monoisotopic (exact) mass is 364 g/mol. The maximum Gasteiger partial charge on any atom is 0.233 e. The van der Waals surface area contributed by atoms with Crippen molar-refractivity contribution in [2.75, 3.05) is 11.9 Å². The number of rotatable bonds is 9. The highest BCUT2D eigenvalue weighted by Crippen LogP contribution is 2.29. The van der Waals surface area contributed by atoms with Gasteiger partial charge in [-0.3, -0.25) is 4.79 Å². The largest absolute Gasteiger partial charge is 0.360 e. The van der Waals surface area contributed by atoms with E-state index in [4.69, 9.17) is 0 Å². The molecule has 1 heterocycles. The zero-order valence-corrected chi connectivity index (χ0v) is 15.9. The fraction of sp³-hybridized carbons (Fsp3) is 0.471. The number of carbonyl (C=O) groups excluding carboxylic acids is 1. The van der Waals surface area contributed by atoms with Gasteiger partial charge in [-0.25, -0.2) is 0 Å². The molecule has 2 atom stereocenters. The van der Waals surface area contributed by atoms with E-state index >= 15 is 0 Å². The number of nitrogens with zero attached hydrogens (tertiary/aromatic N) is 2. The van der Waals surface area contributed by atoms with E-state index in [-0.39, 0.29) is 17.2 Å². The van der Waals surface area contributed by atoms with E-state index in [1.54, 1.807) is 0 Å². The van der Waals surface area contributed by atoms with Gasteiger partial charge in [-0.1, -0.05) is 66.8 Å². The van der Waals surface area contributed by atoms with Crippen LogP contribution < -0.4 is 10.6 Å². The number of amides is 1. The summed E-state index contributed by atoms with van der Waals surface area (Å²) in [4.78, 5) is 12.5. The Morgan fingerprint density at radius 2 is 2.00 bits per heavy atom. The van der Waals surface area contributed by atoms with Crippen molar-refractivity contribution in [3.63, 3.8) is 0 Å². The van der Waals surface area contributed by atoms with E-state index < -0.39 is 0 Å². The topological polar surface area (TPSA) is 66.9 Å². The molecule has 130 valence electrons. The second-order valence-electron chi connectivity index (χ2n) is 5.42. The first-order valence-corrected chi connectivity index (χ1v) is 9.93. The molecule has 1 aromatic heterocycles. The van der Waals surface area contributed by atoms with Gasteiger partial charge in [0.05, 0.1) is 11.3 Å². The summed E-state index contributed by atoms with van der Waals surface area (Å²) in [5.41, 5.74) is 1.15. The highest BCUT2D eigenvalue weighted by atomic mass is 32.2. The van der Waals surface area contributed by atoms with E-state index in [1.807, 2.05) is 32.0 Å². The van der Waals surface area contributed by atoms with E-state index in [0.717, 1.165) is 34.4 Å².